The number of anilines is 2. The van der Waals surface area contributed by atoms with Gasteiger partial charge in [-0.3, -0.25) is 9.59 Å². The van der Waals surface area contributed by atoms with Gasteiger partial charge in [0, 0.05) is 6.54 Å². The van der Waals surface area contributed by atoms with Gasteiger partial charge >= 0.3 is 5.97 Å². The number of amides is 1. The van der Waals surface area contributed by atoms with Gasteiger partial charge in [0.05, 0.1) is 12.5 Å². The first-order valence-corrected chi connectivity index (χ1v) is 9.89. The van der Waals surface area contributed by atoms with Crippen molar-refractivity contribution < 1.29 is 14.3 Å². The van der Waals surface area contributed by atoms with Crippen LogP contribution in [0.4, 0.5) is 23.0 Å². The Morgan fingerprint density at radius 3 is 2.48 bits per heavy atom. The van der Waals surface area contributed by atoms with Gasteiger partial charge in [-0.2, -0.15) is 0 Å². The normalized spacial score (nSPS) is 12.0. The van der Waals surface area contributed by atoms with Gasteiger partial charge < -0.3 is 33.0 Å². The molecule has 1 aromatic heterocycles. The highest BCUT2D eigenvalue weighted by molar-refractivity contribution is 5.94. The maximum atomic E-state index is 12.1. The van der Waals surface area contributed by atoms with Crippen molar-refractivity contribution in [3.63, 3.8) is 0 Å². The molecular weight excluding hydrogens is 400 g/mol. The van der Waals surface area contributed by atoms with Crippen molar-refractivity contribution in [3.05, 3.63) is 36.4 Å². The first kappa shape index (κ1) is 23.9. The number of esters is 1. The van der Waals surface area contributed by atoms with Crippen molar-refractivity contribution in [2.45, 2.75) is 31.7 Å². The number of benzene rings is 1. The lowest BCUT2D eigenvalue weighted by Crippen LogP contribution is -2.35. The Hall–Kier alpha value is -3.41. The minimum atomic E-state index is -0.660. The van der Waals surface area contributed by atoms with Crippen LogP contribution in [0.3, 0.4) is 0 Å². The number of unbranched alkanes of at least 4 members (excludes halogenated alkanes) is 1. The zero-order chi connectivity index (χ0) is 22.6. The number of azo groups is 1. The molecule has 1 amide bonds. The van der Waals surface area contributed by atoms with Gasteiger partial charge in [-0.05, 0) is 43.7 Å². The molecule has 1 aromatic carbocycles. The number of nitrogens with zero attached hydrogens (tertiary/aromatic N) is 3. The summed E-state index contributed by atoms with van der Waals surface area (Å²) in [4.78, 5) is 27.9. The molecule has 0 aliphatic carbocycles. The largest absolute Gasteiger partial charge is 0.424 e. The van der Waals surface area contributed by atoms with Gasteiger partial charge in [-0.25, -0.2) is 4.98 Å². The molecular formula is C20H28N8O3. The Kier molecular flexibility index (Phi) is 9.49. The Labute approximate surface area is 180 Å². The van der Waals surface area contributed by atoms with Crippen LogP contribution in [-0.2, 0) is 9.59 Å². The minimum absolute atomic E-state index is 0.0656. The van der Waals surface area contributed by atoms with Crippen LogP contribution < -0.4 is 33.0 Å². The summed E-state index contributed by atoms with van der Waals surface area (Å²) >= 11 is 0. The molecule has 1 atom stereocenters. The van der Waals surface area contributed by atoms with E-state index in [4.69, 9.17) is 27.7 Å². The second-order valence-electron chi connectivity index (χ2n) is 6.66. The van der Waals surface area contributed by atoms with Gasteiger partial charge in [-0.1, -0.05) is 18.6 Å². The zero-order valence-corrected chi connectivity index (χ0v) is 17.2. The quantitative estimate of drug-likeness (QED) is 0.154. The number of carbonyl (C=O) groups excluding carboxylic acids is 2. The molecule has 0 bridgehead atoms. The predicted molar refractivity (Wildman–Crippen MR) is 118 cm³/mol. The smallest absolute Gasteiger partial charge is 0.312 e. The summed E-state index contributed by atoms with van der Waals surface area (Å²) in [7, 11) is 0. The van der Waals surface area contributed by atoms with Gasteiger partial charge in [0.2, 0.25) is 5.91 Å². The summed E-state index contributed by atoms with van der Waals surface area (Å²) in [5.41, 5.74) is 23.2. The number of rotatable bonds is 11. The Bertz CT molecular complexity index is 919. The number of ether oxygens (including phenoxy) is 1. The summed E-state index contributed by atoms with van der Waals surface area (Å²) in [5, 5.41) is 10.8. The molecule has 0 saturated heterocycles. The second kappa shape index (κ2) is 12.3. The number of nitrogens with two attached hydrogens (primary N) is 4. The molecule has 1 heterocycles. The minimum Gasteiger partial charge on any atom is -0.424 e. The van der Waals surface area contributed by atoms with Gasteiger partial charge in [0.15, 0.2) is 11.6 Å². The summed E-state index contributed by atoms with van der Waals surface area (Å²) in [6.07, 6.45) is 2.19. The third-order valence-corrected chi connectivity index (χ3v) is 4.16. The van der Waals surface area contributed by atoms with E-state index in [1.807, 2.05) is 0 Å². The number of para-hydroxylation sites is 1. The Morgan fingerprint density at radius 2 is 1.77 bits per heavy atom. The first-order chi connectivity index (χ1) is 14.9. The van der Waals surface area contributed by atoms with Crippen LogP contribution >= 0.6 is 0 Å². The van der Waals surface area contributed by atoms with E-state index in [-0.39, 0.29) is 41.9 Å². The van der Waals surface area contributed by atoms with Crippen LogP contribution in [0.25, 0.3) is 0 Å². The van der Waals surface area contributed by atoms with Crippen molar-refractivity contribution in [2.24, 2.45) is 27.4 Å². The summed E-state index contributed by atoms with van der Waals surface area (Å²) in [6, 6.07) is 9.11. The SMILES string of the molecule is NCCCC[C@H](N)C(=O)Nc1ccc(/N=N/c2ccccc2OC(=O)CCN)c(N)n1. The molecule has 0 aliphatic heterocycles. The lowest BCUT2D eigenvalue weighted by Gasteiger charge is -2.12. The number of carbonyl (C=O) groups is 2. The average Bonchev–Trinajstić information content (AvgIpc) is 2.74. The average molecular weight is 428 g/mol. The van der Waals surface area contributed by atoms with E-state index in [1.165, 1.54) is 0 Å². The number of hydrogen-bond donors (Lipinski definition) is 5. The van der Waals surface area contributed by atoms with Crippen LogP contribution in [0.1, 0.15) is 25.7 Å². The Balaban J connectivity index is 2.05. The monoisotopic (exact) mass is 428 g/mol. The van der Waals surface area contributed by atoms with Crippen molar-refractivity contribution >= 4 is 34.9 Å². The number of hydrogen-bond acceptors (Lipinski definition) is 10. The van der Waals surface area contributed by atoms with E-state index in [9.17, 15) is 9.59 Å². The van der Waals surface area contributed by atoms with Gasteiger partial charge in [-0.15, -0.1) is 10.2 Å². The molecule has 31 heavy (non-hydrogen) atoms. The molecule has 0 radical (unpaired) electrons. The Morgan fingerprint density at radius 1 is 1.03 bits per heavy atom. The lowest BCUT2D eigenvalue weighted by molar-refractivity contribution is -0.134. The molecule has 11 nitrogen and oxygen atoms in total. The molecule has 0 unspecified atom stereocenters. The standard InChI is InChI=1S/C20H28N8O3/c21-11-4-3-5-13(23)20(30)26-17-9-8-15(19(24)25-17)28-27-14-6-1-2-7-16(14)31-18(29)10-12-22/h1-2,6-9,13H,3-5,10-12,21-23H2,(H3,24,25,26,30)/b28-27+/t13-/m0/s1. The van der Waals surface area contributed by atoms with Crippen molar-refractivity contribution in [3.8, 4) is 5.75 Å². The topological polar surface area (TPSA) is 197 Å². The highest BCUT2D eigenvalue weighted by atomic mass is 16.5. The van der Waals surface area contributed by atoms with E-state index in [0.717, 1.165) is 12.8 Å². The van der Waals surface area contributed by atoms with Crippen molar-refractivity contribution in [1.82, 2.24) is 4.98 Å². The van der Waals surface area contributed by atoms with Crippen molar-refractivity contribution in [1.29, 1.82) is 0 Å². The van der Waals surface area contributed by atoms with E-state index in [2.05, 4.69) is 20.5 Å². The molecule has 0 fully saturated rings. The molecule has 0 aliphatic rings. The van der Waals surface area contributed by atoms with Crippen molar-refractivity contribution in [2.75, 3.05) is 24.1 Å². The first-order valence-electron chi connectivity index (χ1n) is 9.89. The fourth-order valence-electron chi connectivity index (χ4n) is 2.51. The van der Waals surface area contributed by atoms with E-state index in [1.54, 1.807) is 36.4 Å². The third-order valence-electron chi connectivity index (χ3n) is 4.16. The molecule has 166 valence electrons. The second-order valence-corrected chi connectivity index (χ2v) is 6.66. The predicted octanol–water partition coefficient (Wildman–Crippen LogP) is 1.73. The number of nitrogens with one attached hydrogen (secondary N) is 1. The molecule has 9 N–H and O–H groups in total. The summed E-state index contributed by atoms with van der Waals surface area (Å²) < 4.78 is 5.24. The molecule has 2 rings (SSSR count). The van der Waals surface area contributed by atoms with Crippen LogP contribution in [0.5, 0.6) is 5.75 Å². The fourth-order valence-corrected chi connectivity index (χ4v) is 2.51. The summed E-state index contributed by atoms with van der Waals surface area (Å²) in [6.45, 7) is 0.745. The van der Waals surface area contributed by atoms with Crippen LogP contribution in [0, 0.1) is 0 Å². The van der Waals surface area contributed by atoms with E-state index < -0.39 is 12.0 Å². The lowest BCUT2D eigenvalue weighted by atomic mass is 10.1. The highest BCUT2D eigenvalue weighted by Crippen LogP contribution is 2.30. The maximum Gasteiger partial charge on any atom is 0.312 e. The molecule has 0 saturated carbocycles. The number of nitrogen functional groups attached to an aromatic ring is 1. The zero-order valence-electron chi connectivity index (χ0n) is 17.2. The molecule has 0 spiro atoms. The highest BCUT2D eigenvalue weighted by Gasteiger charge is 2.14. The summed E-state index contributed by atoms with van der Waals surface area (Å²) in [5.74, 6) is -0.245. The molecule has 11 heteroatoms. The van der Waals surface area contributed by atoms with Crippen LogP contribution in [0.2, 0.25) is 0 Å². The van der Waals surface area contributed by atoms with E-state index in [0.29, 0.717) is 18.7 Å². The number of pyridine rings is 1. The van der Waals surface area contributed by atoms with Gasteiger partial charge in [0.25, 0.3) is 0 Å². The third kappa shape index (κ3) is 7.74. The van der Waals surface area contributed by atoms with Gasteiger partial charge in [0.1, 0.15) is 17.2 Å². The maximum absolute atomic E-state index is 12.1. The molecule has 2 aromatic rings. The fraction of sp³-hybridized carbons (Fsp3) is 0.350. The van der Waals surface area contributed by atoms with Crippen LogP contribution in [-0.4, -0.2) is 36.0 Å². The number of aromatic nitrogens is 1. The van der Waals surface area contributed by atoms with Crippen LogP contribution in [0.15, 0.2) is 46.6 Å². The van der Waals surface area contributed by atoms with E-state index >= 15 is 0 Å².